The fourth-order valence-corrected chi connectivity index (χ4v) is 0.768. The van der Waals surface area contributed by atoms with Crippen LogP contribution in [0.3, 0.4) is 0 Å². The minimum Gasteiger partial charge on any atom is -0.396 e. The quantitative estimate of drug-likeness (QED) is 0.627. The van der Waals surface area contributed by atoms with Crippen molar-refractivity contribution >= 4 is 0 Å². The van der Waals surface area contributed by atoms with Gasteiger partial charge in [0.1, 0.15) is 0 Å². The van der Waals surface area contributed by atoms with Crippen LogP contribution in [0.2, 0.25) is 0 Å². The van der Waals surface area contributed by atoms with Gasteiger partial charge in [-0.25, -0.2) is 0 Å². The lowest BCUT2D eigenvalue weighted by Crippen LogP contribution is -2.31. The molecule has 0 fully saturated rings. The molecule has 13 heavy (non-hydrogen) atoms. The van der Waals surface area contributed by atoms with E-state index in [4.69, 9.17) is 5.11 Å². The first kappa shape index (κ1) is 12.7. The lowest BCUT2D eigenvalue weighted by molar-refractivity contribution is -0.323. The molecule has 0 saturated heterocycles. The molecule has 0 heterocycles. The Morgan fingerprint density at radius 1 is 1.46 bits per heavy atom. The average molecular weight is 201 g/mol. The number of aliphatic hydroxyl groups excluding tert-OH is 1. The van der Waals surface area contributed by atoms with E-state index in [-0.39, 0.29) is 19.2 Å². The lowest BCUT2D eigenvalue weighted by Gasteiger charge is -2.12. The Labute approximate surface area is 74.9 Å². The molecule has 1 atom stereocenters. The maximum absolute atomic E-state index is 11.4. The third-order valence-electron chi connectivity index (χ3n) is 1.42. The molecule has 0 aromatic heterocycles. The van der Waals surface area contributed by atoms with Crippen LogP contribution in [0.4, 0.5) is 13.2 Å². The summed E-state index contributed by atoms with van der Waals surface area (Å²) in [6.45, 7) is 1.53. The molecule has 0 saturated carbocycles. The largest absolute Gasteiger partial charge is 0.522 e. The van der Waals surface area contributed by atoms with Gasteiger partial charge in [-0.15, -0.1) is 13.2 Å². The second kappa shape index (κ2) is 6.17. The summed E-state index contributed by atoms with van der Waals surface area (Å²) < 4.78 is 37.8. The normalized spacial score (nSPS) is 14.5. The fraction of sp³-hybridized carbons (Fsp3) is 1.00. The Morgan fingerprint density at radius 3 is 2.54 bits per heavy atom. The van der Waals surface area contributed by atoms with Crippen molar-refractivity contribution in [3.8, 4) is 0 Å². The summed E-state index contributed by atoms with van der Waals surface area (Å²) in [5.74, 6) is 0. The van der Waals surface area contributed by atoms with Crippen LogP contribution in [0.1, 0.15) is 13.3 Å². The van der Waals surface area contributed by atoms with Crippen LogP contribution in [0, 0.1) is 0 Å². The summed E-state index contributed by atoms with van der Waals surface area (Å²) in [7, 11) is 0. The number of alkyl halides is 3. The minimum atomic E-state index is -4.55. The summed E-state index contributed by atoms with van der Waals surface area (Å²) >= 11 is 0. The van der Waals surface area contributed by atoms with Crippen LogP contribution in [0.15, 0.2) is 0 Å². The Hall–Kier alpha value is -0.330. The van der Waals surface area contributed by atoms with Gasteiger partial charge in [0.15, 0.2) is 0 Å². The molecule has 6 heteroatoms. The molecule has 0 bridgehead atoms. The third-order valence-corrected chi connectivity index (χ3v) is 1.42. The van der Waals surface area contributed by atoms with Gasteiger partial charge in [0.05, 0.1) is 6.61 Å². The molecular weight excluding hydrogens is 187 g/mol. The second-order valence-electron chi connectivity index (χ2n) is 2.66. The zero-order chi connectivity index (χ0) is 10.3. The van der Waals surface area contributed by atoms with Gasteiger partial charge in [-0.05, 0) is 13.3 Å². The standard InChI is InChI=1S/C7H14F3NO2/c1-6(2-4-12)11-3-5-13-7(8,9)10/h6,11-12H,2-5H2,1H3. The zero-order valence-corrected chi connectivity index (χ0v) is 7.40. The summed E-state index contributed by atoms with van der Waals surface area (Å²) in [5, 5.41) is 11.2. The van der Waals surface area contributed by atoms with Crippen molar-refractivity contribution in [2.24, 2.45) is 0 Å². The second-order valence-corrected chi connectivity index (χ2v) is 2.66. The van der Waals surface area contributed by atoms with Gasteiger partial charge in [-0.2, -0.15) is 0 Å². The van der Waals surface area contributed by atoms with E-state index in [1.807, 2.05) is 0 Å². The van der Waals surface area contributed by atoms with Crippen molar-refractivity contribution in [1.82, 2.24) is 5.32 Å². The molecule has 0 radical (unpaired) electrons. The lowest BCUT2D eigenvalue weighted by atomic mass is 10.2. The summed E-state index contributed by atoms with van der Waals surface area (Å²) in [6, 6.07) is 0.00170. The van der Waals surface area contributed by atoms with Crippen LogP contribution in [0.25, 0.3) is 0 Å². The number of hydrogen-bond acceptors (Lipinski definition) is 3. The van der Waals surface area contributed by atoms with Crippen molar-refractivity contribution in [3.63, 3.8) is 0 Å². The van der Waals surface area contributed by atoms with E-state index in [2.05, 4.69) is 10.1 Å². The smallest absolute Gasteiger partial charge is 0.396 e. The molecule has 2 N–H and O–H groups in total. The molecule has 0 aliphatic carbocycles. The number of rotatable bonds is 6. The topological polar surface area (TPSA) is 41.5 Å². The van der Waals surface area contributed by atoms with Crippen molar-refractivity contribution in [1.29, 1.82) is 0 Å². The van der Waals surface area contributed by atoms with Crippen LogP contribution >= 0.6 is 0 Å². The molecule has 0 amide bonds. The maximum atomic E-state index is 11.4. The van der Waals surface area contributed by atoms with Crippen LogP contribution in [-0.2, 0) is 4.74 Å². The molecule has 0 aliphatic heterocycles. The van der Waals surface area contributed by atoms with E-state index in [0.29, 0.717) is 6.42 Å². The van der Waals surface area contributed by atoms with Crippen molar-refractivity contribution in [2.45, 2.75) is 25.7 Å². The van der Waals surface area contributed by atoms with Gasteiger partial charge in [-0.3, -0.25) is 4.74 Å². The van der Waals surface area contributed by atoms with Crippen molar-refractivity contribution < 1.29 is 23.0 Å². The van der Waals surface area contributed by atoms with Gasteiger partial charge in [0.2, 0.25) is 0 Å². The van der Waals surface area contributed by atoms with E-state index in [1.165, 1.54) is 0 Å². The molecule has 0 aliphatic rings. The SMILES string of the molecule is CC(CCO)NCCOC(F)(F)F. The molecule has 0 spiro atoms. The zero-order valence-electron chi connectivity index (χ0n) is 7.40. The fourth-order valence-electron chi connectivity index (χ4n) is 0.768. The first-order valence-corrected chi connectivity index (χ1v) is 4.00. The first-order valence-electron chi connectivity index (χ1n) is 4.00. The van der Waals surface area contributed by atoms with E-state index in [1.54, 1.807) is 6.92 Å². The molecular formula is C7H14F3NO2. The number of ether oxygens (including phenoxy) is 1. The maximum Gasteiger partial charge on any atom is 0.522 e. The highest BCUT2D eigenvalue weighted by atomic mass is 19.4. The van der Waals surface area contributed by atoms with Crippen LogP contribution < -0.4 is 5.32 Å². The first-order chi connectivity index (χ1) is 5.95. The molecule has 0 aromatic rings. The Kier molecular flexibility index (Phi) is 6.02. The van der Waals surface area contributed by atoms with Crippen molar-refractivity contribution in [2.75, 3.05) is 19.8 Å². The minimum absolute atomic E-state index is 0.00170. The summed E-state index contributed by atoms with van der Waals surface area (Å²) in [4.78, 5) is 0. The van der Waals surface area contributed by atoms with Gasteiger partial charge in [0.25, 0.3) is 0 Å². The predicted molar refractivity (Wildman–Crippen MR) is 41.2 cm³/mol. The predicted octanol–water partition coefficient (Wildman–Crippen LogP) is 0.883. The van der Waals surface area contributed by atoms with E-state index < -0.39 is 13.0 Å². The summed E-state index contributed by atoms with van der Waals surface area (Å²) in [5.41, 5.74) is 0. The molecule has 3 nitrogen and oxygen atoms in total. The number of aliphatic hydroxyl groups is 1. The highest BCUT2D eigenvalue weighted by Gasteiger charge is 2.28. The number of hydrogen-bond donors (Lipinski definition) is 2. The van der Waals surface area contributed by atoms with Crippen molar-refractivity contribution in [3.05, 3.63) is 0 Å². The number of halogens is 3. The Morgan fingerprint density at radius 2 is 2.08 bits per heavy atom. The highest BCUT2D eigenvalue weighted by molar-refractivity contribution is 4.58. The van der Waals surface area contributed by atoms with Gasteiger partial charge >= 0.3 is 6.36 Å². The molecule has 0 aromatic carbocycles. The molecule has 80 valence electrons. The van der Waals surface area contributed by atoms with Gasteiger partial charge in [0, 0.05) is 19.2 Å². The number of nitrogens with one attached hydrogen (secondary N) is 1. The third kappa shape index (κ3) is 9.59. The van der Waals surface area contributed by atoms with Gasteiger partial charge in [-0.1, -0.05) is 0 Å². The van der Waals surface area contributed by atoms with E-state index in [0.717, 1.165) is 0 Å². The monoisotopic (exact) mass is 201 g/mol. The van der Waals surface area contributed by atoms with Gasteiger partial charge < -0.3 is 10.4 Å². The highest BCUT2D eigenvalue weighted by Crippen LogP contribution is 2.15. The Balaban J connectivity index is 3.25. The molecule has 1 unspecified atom stereocenters. The molecule has 0 rings (SSSR count). The Bertz CT molecular complexity index is 129. The van der Waals surface area contributed by atoms with Crippen LogP contribution in [-0.4, -0.2) is 37.3 Å². The average Bonchev–Trinajstić information content (AvgIpc) is 1.97. The van der Waals surface area contributed by atoms with E-state index in [9.17, 15) is 13.2 Å². The van der Waals surface area contributed by atoms with Crippen LogP contribution in [0.5, 0.6) is 0 Å². The summed E-state index contributed by atoms with van der Waals surface area (Å²) in [6.07, 6.45) is -4.03. The van der Waals surface area contributed by atoms with E-state index >= 15 is 0 Å².